The van der Waals surface area contributed by atoms with Crippen molar-refractivity contribution in [1.29, 1.82) is 0 Å². The molecule has 1 aromatic carbocycles. The number of carboxylic acid groups (broad SMARTS) is 1. The van der Waals surface area contributed by atoms with Gasteiger partial charge in [0.05, 0.1) is 0 Å². The number of carboxylic acids is 1. The third-order valence-corrected chi connectivity index (χ3v) is 3.03. The fraction of sp³-hybridized carbons (Fsp3) is 0. The number of aromatic nitrogens is 2. The van der Waals surface area contributed by atoms with Crippen molar-refractivity contribution in [2.24, 2.45) is 0 Å². The van der Waals surface area contributed by atoms with E-state index in [1.807, 2.05) is 12.1 Å². The quantitative estimate of drug-likeness (QED) is 0.784. The number of fused-ring (bicyclic) bond motifs is 1. The van der Waals surface area contributed by atoms with Crippen molar-refractivity contribution in [3.8, 4) is 11.6 Å². The SMILES string of the molecule is O=C(O)c1cccc(-c2nc3cc(Br)ccc3o2)n1. The lowest BCUT2D eigenvalue weighted by Gasteiger charge is -1.96. The van der Waals surface area contributed by atoms with Crippen molar-refractivity contribution >= 4 is 33.0 Å². The fourth-order valence-corrected chi connectivity index (χ4v) is 2.03. The van der Waals surface area contributed by atoms with Crippen LogP contribution in [0.2, 0.25) is 0 Å². The zero-order chi connectivity index (χ0) is 13.4. The van der Waals surface area contributed by atoms with Crippen LogP contribution in [0.5, 0.6) is 0 Å². The predicted molar refractivity (Wildman–Crippen MR) is 71.9 cm³/mol. The lowest BCUT2D eigenvalue weighted by atomic mass is 10.3. The molecule has 1 N–H and O–H groups in total. The molecule has 0 atom stereocenters. The average Bonchev–Trinajstić information content (AvgIpc) is 2.81. The smallest absolute Gasteiger partial charge is 0.354 e. The minimum atomic E-state index is -1.08. The summed E-state index contributed by atoms with van der Waals surface area (Å²) in [5.74, 6) is -0.781. The highest BCUT2D eigenvalue weighted by Gasteiger charge is 2.12. The van der Waals surface area contributed by atoms with Gasteiger partial charge in [-0.2, -0.15) is 0 Å². The van der Waals surface area contributed by atoms with E-state index in [0.29, 0.717) is 22.7 Å². The van der Waals surface area contributed by atoms with Crippen LogP contribution >= 0.6 is 15.9 Å². The second kappa shape index (κ2) is 4.47. The van der Waals surface area contributed by atoms with E-state index in [-0.39, 0.29) is 5.69 Å². The molecule has 3 rings (SSSR count). The number of pyridine rings is 1. The summed E-state index contributed by atoms with van der Waals surface area (Å²) in [5.41, 5.74) is 1.67. The molecule has 0 saturated heterocycles. The monoisotopic (exact) mass is 318 g/mol. The van der Waals surface area contributed by atoms with Gasteiger partial charge in [-0.25, -0.2) is 14.8 Å². The molecule has 0 aliphatic heterocycles. The standard InChI is InChI=1S/C13H7BrN2O3/c14-7-4-5-11-10(6-7)16-12(19-11)8-2-1-3-9(15-8)13(17)18/h1-6H,(H,17,18). The highest BCUT2D eigenvalue weighted by atomic mass is 79.9. The first kappa shape index (κ1) is 11.9. The average molecular weight is 319 g/mol. The number of oxazole rings is 1. The third kappa shape index (κ3) is 2.22. The van der Waals surface area contributed by atoms with Crippen LogP contribution < -0.4 is 0 Å². The fourth-order valence-electron chi connectivity index (χ4n) is 1.68. The van der Waals surface area contributed by atoms with Crippen LogP contribution in [-0.2, 0) is 0 Å². The summed E-state index contributed by atoms with van der Waals surface area (Å²) in [6.45, 7) is 0. The predicted octanol–water partition coefficient (Wildman–Crippen LogP) is 3.35. The topological polar surface area (TPSA) is 76.2 Å². The van der Waals surface area contributed by atoms with Gasteiger partial charge in [0.15, 0.2) is 5.58 Å². The van der Waals surface area contributed by atoms with E-state index in [2.05, 4.69) is 25.9 Å². The van der Waals surface area contributed by atoms with Gasteiger partial charge in [0.1, 0.15) is 16.9 Å². The molecule has 0 saturated carbocycles. The first-order chi connectivity index (χ1) is 9.13. The maximum Gasteiger partial charge on any atom is 0.354 e. The molecule has 19 heavy (non-hydrogen) atoms. The molecule has 0 aliphatic carbocycles. The van der Waals surface area contributed by atoms with E-state index in [9.17, 15) is 4.79 Å². The van der Waals surface area contributed by atoms with Crippen LogP contribution in [0.1, 0.15) is 10.5 Å². The summed E-state index contributed by atoms with van der Waals surface area (Å²) >= 11 is 3.35. The van der Waals surface area contributed by atoms with Gasteiger partial charge >= 0.3 is 5.97 Å². The molecule has 3 aromatic rings. The normalized spacial score (nSPS) is 10.8. The van der Waals surface area contributed by atoms with Crippen LogP contribution in [0.3, 0.4) is 0 Å². The van der Waals surface area contributed by atoms with Gasteiger partial charge in [-0.05, 0) is 30.3 Å². The molecule has 5 nitrogen and oxygen atoms in total. The number of hydrogen-bond donors (Lipinski definition) is 1. The molecule has 2 heterocycles. The Hall–Kier alpha value is -2.21. The Labute approximate surface area is 116 Å². The first-order valence-electron chi connectivity index (χ1n) is 5.40. The Balaban J connectivity index is 2.13. The summed E-state index contributed by atoms with van der Waals surface area (Å²) < 4.78 is 6.45. The van der Waals surface area contributed by atoms with E-state index in [1.54, 1.807) is 18.2 Å². The summed E-state index contributed by atoms with van der Waals surface area (Å²) in [5, 5.41) is 8.91. The Morgan fingerprint density at radius 1 is 1.21 bits per heavy atom. The summed E-state index contributed by atoms with van der Waals surface area (Å²) in [7, 11) is 0. The van der Waals surface area contributed by atoms with Crippen LogP contribution in [0, 0.1) is 0 Å². The van der Waals surface area contributed by atoms with Gasteiger partial charge in [0, 0.05) is 4.47 Å². The molecule has 0 aliphatic rings. The van der Waals surface area contributed by atoms with Gasteiger partial charge in [0.25, 0.3) is 0 Å². The van der Waals surface area contributed by atoms with E-state index >= 15 is 0 Å². The van der Waals surface area contributed by atoms with E-state index in [1.165, 1.54) is 6.07 Å². The number of aromatic carboxylic acids is 1. The molecule has 94 valence electrons. The number of hydrogen-bond acceptors (Lipinski definition) is 4. The zero-order valence-electron chi connectivity index (χ0n) is 9.50. The maximum atomic E-state index is 10.9. The molecular weight excluding hydrogens is 312 g/mol. The Bertz CT molecular complexity index is 782. The van der Waals surface area contributed by atoms with Gasteiger partial charge in [0.2, 0.25) is 5.89 Å². The first-order valence-corrected chi connectivity index (χ1v) is 6.19. The summed E-state index contributed by atoms with van der Waals surface area (Å²) in [6, 6.07) is 10.1. The lowest BCUT2D eigenvalue weighted by molar-refractivity contribution is 0.0690. The second-order valence-corrected chi connectivity index (χ2v) is 4.76. The second-order valence-electron chi connectivity index (χ2n) is 3.84. The van der Waals surface area contributed by atoms with E-state index in [0.717, 1.165) is 4.47 Å². The number of nitrogens with zero attached hydrogens (tertiary/aromatic N) is 2. The third-order valence-electron chi connectivity index (χ3n) is 2.54. The molecule has 0 unspecified atom stereocenters. The highest BCUT2D eigenvalue weighted by molar-refractivity contribution is 9.10. The maximum absolute atomic E-state index is 10.9. The summed E-state index contributed by atoms with van der Waals surface area (Å²) in [6.07, 6.45) is 0. The van der Waals surface area contributed by atoms with E-state index in [4.69, 9.17) is 9.52 Å². The van der Waals surface area contributed by atoms with Crippen molar-refractivity contribution in [1.82, 2.24) is 9.97 Å². The van der Waals surface area contributed by atoms with Gasteiger partial charge in [-0.1, -0.05) is 22.0 Å². The number of carbonyl (C=O) groups is 1. The molecule has 0 fully saturated rings. The lowest BCUT2D eigenvalue weighted by Crippen LogP contribution is -2.00. The summed E-state index contributed by atoms with van der Waals surface area (Å²) in [4.78, 5) is 19.2. The Morgan fingerprint density at radius 2 is 2.05 bits per heavy atom. The largest absolute Gasteiger partial charge is 0.477 e. The Kier molecular flexibility index (Phi) is 2.79. The minimum Gasteiger partial charge on any atom is -0.477 e. The minimum absolute atomic E-state index is 0.0408. The van der Waals surface area contributed by atoms with E-state index < -0.39 is 5.97 Å². The van der Waals surface area contributed by atoms with Crippen LogP contribution in [0.15, 0.2) is 45.3 Å². The van der Waals surface area contributed by atoms with Crippen molar-refractivity contribution in [2.45, 2.75) is 0 Å². The van der Waals surface area contributed by atoms with Crippen LogP contribution in [0.4, 0.5) is 0 Å². The highest BCUT2D eigenvalue weighted by Crippen LogP contribution is 2.25. The number of benzene rings is 1. The van der Waals surface area contributed by atoms with Crippen molar-refractivity contribution in [3.05, 3.63) is 46.6 Å². The van der Waals surface area contributed by atoms with Crippen molar-refractivity contribution < 1.29 is 14.3 Å². The molecule has 0 bridgehead atoms. The van der Waals surface area contributed by atoms with Gasteiger partial charge < -0.3 is 9.52 Å². The number of rotatable bonds is 2. The van der Waals surface area contributed by atoms with Gasteiger partial charge in [-0.15, -0.1) is 0 Å². The molecule has 0 spiro atoms. The van der Waals surface area contributed by atoms with Crippen LogP contribution in [-0.4, -0.2) is 21.0 Å². The van der Waals surface area contributed by atoms with Crippen molar-refractivity contribution in [3.63, 3.8) is 0 Å². The van der Waals surface area contributed by atoms with Gasteiger partial charge in [-0.3, -0.25) is 0 Å². The zero-order valence-corrected chi connectivity index (χ0v) is 11.1. The number of halogens is 1. The molecular formula is C13H7BrN2O3. The molecule has 0 radical (unpaired) electrons. The molecule has 0 amide bonds. The molecule has 2 aromatic heterocycles. The van der Waals surface area contributed by atoms with Crippen LogP contribution in [0.25, 0.3) is 22.7 Å². The Morgan fingerprint density at radius 3 is 2.84 bits per heavy atom. The van der Waals surface area contributed by atoms with Crippen molar-refractivity contribution in [2.75, 3.05) is 0 Å². The molecule has 6 heteroatoms.